The Labute approximate surface area is 103 Å². The number of halogens is 1. The number of hydrogen-bond donors (Lipinski definition) is 2. The fourth-order valence-electron chi connectivity index (χ4n) is 1.95. The van der Waals surface area contributed by atoms with Crippen LogP contribution >= 0.6 is 11.6 Å². The number of anilines is 1. The molecule has 0 aromatic carbocycles. The van der Waals surface area contributed by atoms with Gasteiger partial charge in [0.1, 0.15) is 0 Å². The third-order valence-electron chi connectivity index (χ3n) is 2.85. The van der Waals surface area contributed by atoms with Crippen molar-refractivity contribution < 1.29 is 4.42 Å². The normalized spacial score (nSPS) is 20.1. The number of nitrogens with two attached hydrogens (primary N) is 1. The van der Waals surface area contributed by atoms with Gasteiger partial charge in [0, 0.05) is 19.1 Å². The number of hydrogen-bond acceptors (Lipinski definition) is 5. The van der Waals surface area contributed by atoms with E-state index in [0.717, 1.165) is 19.5 Å². The highest BCUT2D eigenvalue weighted by atomic mass is 35.5. The van der Waals surface area contributed by atoms with Gasteiger partial charge in [0.25, 0.3) is 0 Å². The van der Waals surface area contributed by atoms with Crippen LogP contribution in [0.25, 0.3) is 11.4 Å². The number of rotatable bonds is 2. The van der Waals surface area contributed by atoms with Crippen LogP contribution in [-0.4, -0.2) is 34.3 Å². The maximum Gasteiger partial charge on any atom is 0.245 e. The Morgan fingerprint density at radius 1 is 1.59 bits per heavy atom. The number of aromatic amines is 1. The Morgan fingerprint density at radius 2 is 2.47 bits per heavy atom. The minimum absolute atomic E-state index is 0.203. The molecule has 0 radical (unpaired) electrons. The van der Waals surface area contributed by atoms with Crippen LogP contribution in [0.1, 0.15) is 6.42 Å². The van der Waals surface area contributed by atoms with E-state index < -0.39 is 0 Å². The molecule has 2 aromatic heterocycles. The summed E-state index contributed by atoms with van der Waals surface area (Å²) in [5.41, 5.74) is 6.56. The van der Waals surface area contributed by atoms with Gasteiger partial charge in [-0.15, -0.1) is 5.10 Å². The van der Waals surface area contributed by atoms with Gasteiger partial charge >= 0.3 is 0 Å². The second kappa shape index (κ2) is 4.05. The first-order valence-electron chi connectivity index (χ1n) is 5.40. The monoisotopic (exact) mass is 253 g/mol. The van der Waals surface area contributed by atoms with E-state index in [-0.39, 0.29) is 6.04 Å². The van der Waals surface area contributed by atoms with Crippen LogP contribution in [0.3, 0.4) is 0 Å². The van der Waals surface area contributed by atoms with Crippen LogP contribution in [0.2, 0.25) is 5.22 Å². The van der Waals surface area contributed by atoms with Gasteiger partial charge in [-0.2, -0.15) is 4.98 Å². The summed E-state index contributed by atoms with van der Waals surface area (Å²) in [5, 5.41) is 7.33. The molecule has 1 saturated heterocycles. The van der Waals surface area contributed by atoms with Crippen molar-refractivity contribution in [1.29, 1.82) is 0 Å². The summed E-state index contributed by atoms with van der Waals surface area (Å²) < 4.78 is 5.01. The molecule has 3 rings (SSSR count). The molecule has 0 bridgehead atoms. The Bertz CT molecular complexity index is 522. The van der Waals surface area contributed by atoms with Crippen molar-refractivity contribution >= 4 is 17.5 Å². The molecule has 7 heteroatoms. The Hall–Kier alpha value is -1.53. The molecular formula is C10H12ClN5O. The molecule has 3 N–H and O–H groups in total. The lowest BCUT2D eigenvalue weighted by molar-refractivity contribution is 0.570. The van der Waals surface area contributed by atoms with E-state index >= 15 is 0 Å². The Morgan fingerprint density at radius 3 is 3.12 bits per heavy atom. The van der Waals surface area contributed by atoms with Crippen molar-refractivity contribution in [2.75, 3.05) is 18.0 Å². The Kier molecular flexibility index (Phi) is 2.53. The molecule has 0 spiro atoms. The maximum absolute atomic E-state index is 5.88. The van der Waals surface area contributed by atoms with Crippen LogP contribution in [-0.2, 0) is 0 Å². The molecule has 3 heterocycles. The quantitative estimate of drug-likeness (QED) is 0.842. The molecule has 1 unspecified atom stereocenters. The SMILES string of the molecule is NC1CCN(c2n[nH]c(-c3ccoc3Cl)n2)C1. The van der Waals surface area contributed by atoms with E-state index in [1.807, 2.05) is 0 Å². The van der Waals surface area contributed by atoms with Crippen LogP contribution in [0.5, 0.6) is 0 Å². The molecular weight excluding hydrogens is 242 g/mol. The Balaban J connectivity index is 1.86. The zero-order chi connectivity index (χ0) is 11.8. The maximum atomic E-state index is 5.88. The minimum Gasteiger partial charge on any atom is -0.452 e. The summed E-state index contributed by atoms with van der Waals surface area (Å²) >= 11 is 5.88. The third-order valence-corrected chi connectivity index (χ3v) is 3.15. The number of H-pyrrole nitrogens is 1. The number of nitrogens with zero attached hydrogens (tertiary/aromatic N) is 3. The fourth-order valence-corrected chi connectivity index (χ4v) is 2.15. The van der Waals surface area contributed by atoms with Crippen molar-refractivity contribution in [1.82, 2.24) is 15.2 Å². The molecule has 0 amide bonds. The van der Waals surface area contributed by atoms with Crippen molar-refractivity contribution in [3.8, 4) is 11.4 Å². The van der Waals surface area contributed by atoms with Crippen LogP contribution in [0.4, 0.5) is 5.95 Å². The van der Waals surface area contributed by atoms with Crippen molar-refractivity contribution in [2.24, 2.45) is 5.73 Å². The van der Waals surface area contributed by atoms with Crippen molar-refractivity contribution in [3.63, 3.8) is 0 Å². The molecule has 1 aliphatic heterocycles. The zero-order valence-electron chi connectivity index (χ0n) is 9.06. The summed E-state index contributed by atoms with van der Waals surface area (Å²) in [6.07, 6.45) is 2.49. The molecule has 17 heavy (non-hydrogen) atoms. The summed E-state index contributed by atoms with van der Waals surface area (Å²) in [4.78, 5) is 6.44. The van der Waals surface area contributed by atoms with E-state index in [0.29, 0.717) is 22.6 Å². The molecule has 1 fully saturated rings. The lowest BCUT2D eigenvalue weighted by Gasteiger charge is -2.11. The van der Waals surface area contributed by atoms with Gasteiger partial charge in [-0.3, -0.25) is 5.10 Å². The highest BCUT2D eigenvalue weighted by Gasteiger charge is 2.23. The lowest BCUT2D eigenvalue weighted by Crippen LogP contribution is -2.26. The molecule has 1 aliphatic rings. The van der Waals surface area contributed by atoms with Gasteiger partial charge in [-0.05, 0) is 24.1 Å². The molecule has 0 saturated carbocycles. The standard InChI is InChI=1S/C10H12ClN5O/c11-8-7(2-4-17-8)9-13-10(15-14-9)16-3-1-6(12)5-16/h2,4,6H,1,3,5,12H2,(H,13,14,15). The first kappa shape index (κ1) is 10.6. The summed E-state index contributed by atoms with van der Waals surface area (Å²) in [7, 11) is 0. The lowest BCUT2D eigenvalue weighted by atomic mass is 10.3. The largest absolute Gasteiger partial charge is 0.452 e. The average molecular weight is 254 g/mol. The summed E-state index contributed by atoms with van der Waals surface area (Å²) in [5.74, 6) is 1.27. The smallest absolute Gasteiger partial charge is 0.245 e. The average Bonchev–Trinajstić information content (AvgIpc) is 2.97. The van der Waals surface area contributed by atoms with E-state index in [2.05, 4.69) is 20.1 Å². The molecule has 1 atom stereocenters. The highest BCUT2D eigenvalue weighted by Crippen LogP contribution is 2.27. The summed E-state index contributed by atoms with van der Waals surface area (Å²) in [6.45, 7) is 1.67. The molecule has 90 valence electrons. The first-order valence-corrected chi connectivity index (χ1v) is 5.78. The predicted molar refractivity (Wildman–Crippen MR) is 63.9 cm³/mol. The second-order valence-corrected chi connectivity index (χ2v) is 4.43. The van der Waals surface area contributed by atoms with Crippen molar-refractivity contribution in [3.05, 3.63) is 17.5 Å². The number of nitrogens with one attached hydrogen (secondary N) is 1. The van der Waals surface area contributed by atoms with Gasteiger partial charge < -0.3 is 15.1 Å². The van der Waals surface area contributed by atoms with Gasteiger partial charge in [-0.25, -0.2) is 0 Å². The molecule has 6 nitrogen and oxygen atoms in total. The zero-order valence-corrected chi connectivity index (χ0v) is 9.81. The number of aromatic nitrogens is 3. The highest BCUT2D eigenvalue weighted by molar-refractivity contribution is 6.31. The van der Waals surface area contributed by atoms with Crippen LogP contribution in [0, 0.1) is 0 Å². The fraction of sp³-hybridized carbons (Fsp3) is 0.400. The molecule has 0 aliphatic carbocycles. The van der Waals surface area contributed by atoms with Crippen LogP contribution < -0.4 is 10.6 Å². The van der Waals surface area contributed by atoms with Gasteiger partial charge in [0.2, 0.25) is 11.2 Å². The predicted octanol–water partition coefficient (Wildman–Crippen LogP) is 1.26. The van der Waals surface area contributed by atoms with Gasteiger partial charge in [0.05, 0.1) is 11.8 Å². The second-order valence-electron chi connectivity index (χ2n) is 4.09. The summed E-state index contributed by atoms with van der Waals surface area (Å²) in [6, 6.07) is 1.96. The van der Waals surface area contributed by atoms with E-state index in [1.54, 1.807) is 6.07 Å². The van der Waals surface area contributed by atoms with E-state index in [1.165, 1.54) is 6.26 Å². The minimum atomic E-state index is 0.203. The topological polar surface area (TPSA) is 84.0 Å². The van der Waals surface area contributed by atoms with Gasteiger partial charge in [-0.1, -0.05) is 0 Å². The van der Waals surface area contributed by atoms with E-state index in [4.69, 9.17) is 21.8 Å². The number of furan rings is 1. The van der Waals surface area contributed by atoms with E-state index in [9.17, 15) is 0 Å². The third kappa shape index (κ3) is 1.89. The van der Waals surface area contributed by atoms with Crippen molar-refractivity contribution in [2.45, 2.75) is 12.5 Å². The van der Waals surface area contributed by atoms with Crippen LogP contribution in [0.15, 0.2) is 16.7 Å². The van der Waals surface area contributed by atoms with Gasteiger partial charge in [0.15, 0.2) is 5.82 Å². The first-order chi connectivity index (χ1) is 8.24. The molecule has 2 aromatic rings.